The Labute approximate surface area is 213 Å². The summed E-state index contributed by atoms with van der Waals surface area (Å²) in [6.07, 6.45) is 3.22. The summed E-state index contributed by atoms with van der Waals surface area (Å²) in [4.78, 5) is 7.43. The number of para-hydroxylation sites is 2. The van der Waals surface area contributed by atoms with Crippen LogP contribution in [0, 0.1) is 5.82 Å². The fraction of sp³-hybridized carbons (Fsp3) is 0.296. The molecule has 0 bridgehead atoms. The van der Waals surface area contributed by atoms with E-state index in [1.54, 1.807) is 0 Å². The Hall–Kier alpha value is -2.65. The maximum Gasteiger partial charge on any atom is 0.204 e. The summed E-state index contributed by atoms with van der Waals surface area (Å²) in [6, 6.07) is 23.6. The number of nitrogens with one attached hydrogen (secondary N) is 1. The standard InChI is InChI=1S/C27H28FIN4O/c28-22-9-5-21(6-10-22)19-33-26-4-2-1-3-25(26)31-27(33)30-23-14-17-32(18-15-23)16-13-20-7-11-24(34-29)12-8-20/h1-12,23H,13-19H2,(H,30,31). The van der Waals surface area contributed by atoms with E-state index in [9.17, 15) is 4.39 Å². The number of nitrogens with zero attached hydrogens (tertiary/aromatic N) is 3. The van der Waals surface area contributed by atoms with Crippen LogP contribution in [0.25, 0.3) is 11.0 Å². The highest BCUT2D eigenvalue weighted by atomic mass is 127. The van der Waals surface area contributed by atoms with Gasteiger partial charge in [0.15, 0.2) is 23.0 Å². The first-order valence-electron chi connectivity index (χ1n) is 11.7. The van der Waals surface area contributed by atoms with Crippen LogP contribution in [-0.4, -0.2) is 40.1 Å². The lowest BCUT2D eigenvalue weighted by molar-refractivity contribution is 0.221. The number of hydrogen-bond acceptors (Lipinski definition) is 4. The second kappa shape index (κ2) is 10.7. The van der Waals surface area contributed by atoms with Gasteiger partial charge in [0.25, 0.3) is 0 Å². The van der Waals surface area contributed by atoms with Crippen molar-refractivity contribution in [1.82, 2.24) is 14.5 Å². The minimum atomic E-state index is -0.212. The molecule has 0 aliphatic carbocycles. The number of halogens is 2. The molecule has 5 rings (SSSR count). The summed E-state index contributed by atoms with van der Waals surface area (Å²) in [5, 5.41) is 3.71. The molecule has 0 unspecified atom stereocenters. The number of fused-ring (bicyclic) bond motifs is 1. The average molecular weight is 570 g/mol. The van der Waals surface area contributed by atoms with Crippen LogP contribution >= 0.6 is 23.0 Å². The number of rotatable bonds is 8. The van der Waals surface area contributed by atoms with Crippen LogP contribution in [0.15, 0.2) is 72.8 Å². The highest BCUT2D eigenvalue weighted by molar-refractivity contribution is 14.1. The van der Waals surface area contributed by atoms with Crippen LogP contribution in [0.3, 0.4) is 0 Å². The van der Waals surface area contributed by atoms with Gasteiger partial charge < -0.3 is 17.9 Å². The number of imidazole rings is 1. The number of aromatic nitrogens is 2. The van der Waals surface area contributed by atoms with Crippen LogP contribution in [0.1, 0.15) is 24.0 Å². The van der Waals surface area contributed by atoms with Gasteiger partial charge in [-0.2, -0.15) is 0 Å². The monoisotopic (exact) mass is 570 g/mol. The Morgan fingerprint density at radius 2 is 1.65 bits per heavy atom. The van der Waals surface area contributed by atoms with E-state index in [1.165, 1.54) is 17.7 Å². The van der Waals surface area contributed by atoms with Crippen molar-refractivity contribution in [1.29, 1.82) is 0 Å². The third-order valence-corrected chi connectivity index (χ3v) is 7.07. The summed E-state index contributed by atoms with van der Waals surface area (Å²) in [5.74, 6) is 1.57. The molecule has 0 spiro atoms. The van der Waals surface area contributed by atoms with Gasteiger partial charge in [-0.15, -0.1) is 0 Å². The van der Waals surface area contributed by atoms with Crippen LogP contribution < -0.4 is 8.38 Å². The SMILES string of the molecule is Fc1ccc(Cn2c(NC3CCN(CCc4ccc(OI)cc4)CC3)nc3ccccc32)cc1. The summed E-state index contributed by atoms with van der Waals surface area (Å²) in [6.45, 7) is 3.87. The molecule has 1 aromatic heterocycles. The molecule has 1 saturated heterocycles. The zero-order valence-electron chi connectivity index (χ0n) is 19.0. The largest absolute Gasteiger partial charge is 0.428 e. The zero-order valence-corrected chi connectivity index (χ0v) is 21.1. The molecular weight excluding hydrogens is 542 g/mol. The molecule has 1 aliphatic rings. The maximum absolute atomic E-state index is 13.4. The van der Waals surface area contributed by atoms with Gasteiger partial charge in [-0.1, -0.05) is 36.4 Å². The second-order valence-corrected chi connectivity index (χ2v) is 9.31. The van der Waals surface area contributed by atoms with E-state index in [-0.39, 0.29) is 5.82 Å². The Morgan fingerprint density at radius 3 is 2.38 bits per heavy atom. The molecule has 0 atom stereocenters. The van der Waals surface area contributed by atoms with Gasteiger partial charge in [-0.05, 0) is 66.8 Å². The van der Waals surface area contributed by atoms with E-state index in [0.29, 0.717) is 12.6 Å². The minimum Gasteiger partial charge on any atom is -0.428 e. The zero-order chi connectivity index (χ0) is 23.3. The van der Waals surface area contributed by atoms with Gasteiger partial charge in [0.05, 0.1) is 17.6 Å². The molecule has 4 aromatic rings. The normalized spacial score (nSPS) is 15.0. The van der Waals surface area contributed by atoms with Crippen LogP contribution in [0.4, 0.5) is 10.3 Å². The Balaban J connectivity index is 1.21. The van der Waals surface area contributed by atoms with Crippen molar-refractivity contribution >= 4 is 40.0 Å². The van der Waals surface area contributed by atoms with Crippen molar-refractivity contribution in [3.8, 4) is 5.75 Å². The lowest BCUT2D eigenvalue weighted by atomic mass is 10.0. The predicted octanol–water partition coefficient (Wildman–Crippen LogP) is 6.07. The number of anilines is 1. The van der Waals surface area contributed by atoms with Crippen molar-refractivity contribution in [2.75, 3.05) is 25.0 Å². The fourth-order valence-electron chi connectivity index (χ4n) is 4.60. The highest BCUT2D eigenvalue weighted by Gasteiger charge is 2.21. The van der Waals surface area contributed by atoms with Crippen molar-refractivity contribution in [2.45, 2.75) is 31.8 Å². The first-order valence-corrected chi connectivity index (χ1v) is 12.6. The maximum atomic E-state index is 13.4. The number of likely N-dealkylation sites (tertiary alicyclic amines) is 1. The van der Waals surface area contributed by atoms with Gasteiger partial charge in [0.2, 0.25) is 5.95 Å². The van der Waals surface area contributed by atoms with E-state index in [4.69, 9.17) is 8.05 Å². The van der Waals surface area contributed by atoms with Crippen LogP contribution in [0.5, 0.6) is 5.75 Å². The Kier molecular flexibility index (Phi) is 7.30. The van der Waals surface area contributed by atoms with Gasteiger partial charge in [-0.25, -0.2) is 9.37 Å². The van der Waals surface area contributed by atoms with Gasteiger partial charge in [-0.3, -0.25) is 0 Å². The smallest absolute Gasteiger partial charge is 0.204 e. The molecule has 0 radical (unpaired) electrons. The van der Waals surface area contributed by atoms with Crippen LogP contribution in [-0.2, 0) is 13.0 Å². The highest BCUT2D eigenvalue weighted by Crippen LogP contribution is 2.24. The molecule has 1 fully saturated rings. The van der Waals surface area contributed by atoms with Crippen molar-refractivity contribution in [3.63, 3.8) is 0 Å². The Morgan fingerprint density at radius 1 is 0.941 bits per heavy atom. The number of hydrogen-bond donors (Lipinski definition) is 1. The van der Waals surface area contributed by atoms with Gasteiger partial charge >= 0.3 is 0 Å². The molecular formula is C27H28FIN4O. The van der Waals surface area contributed by atoms with Crippen molar-refractivity contribution < 1.29 is 7.46 Å². The minimum absolute atomic E-state index is 0.212. The lowest BCUT2D eigenvalue weighted by Crippen LogP contribution is -2.40. The first kappa shape index (κ1) is 23.1. The summed E-state index contributed by atoms with van der Waals surface area (Å²) in [5.41, 5.74) is 4.46. The predicted molar refractivity (Wildman–Crippen MR) is 143 cm³/mol. The molecule has 1 N–H and O–H groups in total. The van der Waals surface area contributed by atoms with E-state index in [0.717, 1.165) is 67.2 Å². The first-order chi connectivity index (χ1) is 16.7. The molecule has 3 aromatic carbocycles. The van der Waals surface area contributed by atoms with Gasteiger partial charge in [0.1, 0.15) is 11.6 Å². The van der Waals surface area contributed by atoms with E-state index >= 15 is 0 Å². The summed E-state index contributed by atoms with van der Waals surface area (Å²) in [7, 11) is 0. The van der Waals surface area contributed by atoms with E-state index in [1.807, 2.05) is 65.5 Å². The average Bonchev–Trinajstić information content (AvgIpc) is 3.22. The number of benzene rings is 3. The second-order valence-electron chi connectivity index (χ2n) is 8.87. The fourth-order valence-corrected chi connectivity index (χ4v) is 4.89. The topological polar surface area (TPSA) is 42.3 Å². The Bertz CT molecular complexity index is 1220. The molecule has 0 amide bonds. The molecule has 1 aliphatic heterocycles. The molecule has 5 nitrogen and oxygen atoms in total. The lowest BCUT2D eigenvalue weighted by Gasteiger charge is -2.32. The quantitative estimate of drug-likeness (QED) is 0.261. The van der Waals surface area contributed by atoms with Crippen LogP contribution in [0.2, 0.25) is 0 Å². The molecule has 2 heterocycles. The molecule has 0 saturated carbocycles. The molecule has 34 heavy (non-hydrogen) atoms. The summed E-state index contributed by atoms with van der Waals surface area (Å²) < 4.78 is 20.8. The van der Waals surface area contributed by atoms with Gasteiger partial charge in [0, 0.05) is 25.7 Å². The third-order valence-electron chi connectivity index (χ3n) is 6.56. The number of piperidine rings is 1. The van der Waals surface area contributed by atoms with Crippen molar-refractivity contribution in [2.24, 2.45) is 0 Å². The molecule has 7 heteroatoms. The summed E-state index contributed by atoms with van der Waals surface area (Å²) >= 11 is 1.91. The van der Waals surface area contributed by atoms with E-state index in [2.05, 4.69) is 33.0 Å². The van der Waals surface area contributed by atoms with Crippen molar-refractivity contribution in [3.05, 3.63) is 89.7 Å². The third kappa shape index (κ3) is 5.52. The molecule has 176 valence electrons. The van der Waals surface area contributed by atoms with E-state index < -0.39 is 0 Å².